The fraction of sp³-hybridized carbons (Fsp3) is 0.0312. The highest BCUT2D eigenvalue weighted by molar-refractivity contribution is 6.24. The molecule has 0 saturated carbocycles. The maximum Gasteiger partial charge on any atom is 0.0713 e. The topological polar surface area (TPSA) is 9.86 Å². The van der Waals surface area contributed by atoms with Crippen molar-refractivity contribution in [1.29, 1.82) is 0 Å². The van der Waals surface area contributed by atoms with Gasteiger partial charge in [-0.2, -0.15) is 0 Å². The summed E-state index contributed by atoms with van der Waals surface area (Å²) in [6.45, 7) is 4.74. The van der Waals surface area contributed by atoms with Crippen molar-refractivity contribution in [2.75, 3.05) is 0 Å². The zero-order chi connectivity index (χ0) is 86.1. The molecule has 0 fully saturated rings. The van der Waals surface area contributed by atoms with Crippen LogP contribution in [-0.4, -0.2) is 9.13 Å². The Morgan fingerprint density at radius 2 is 0.408 bits per heavy atom. The predicted octanol–water partition coefficient (Wildman–Crippen LogP) is 34.2. The molecule has 0 N–H and O–H groups in total. The van der Waals surface area contributed by atoms with Gasteiger partial charge in [-0.3, -0.25) is 0 Å². The van der Waals surface area contributed by atoms with E-state index >= 15 is 0 Å². The Morgan fingerprint density at radius 3 is 0.800 bits per heavy atom. The van der Waals surface area contributed by atoms with Gasteiger partial charge >= 0.3 is 0 Å². The second kappa shape index (κ2) is 30.7. The number of nitrogens with zero attached hydrogens (tertiary/aromatic N) is 2. The Balaban J connectivity index is 0.000000142. The maximum atomic E-state index is 2.51. The van der Waals surface area contributed by atoms with E-state index in [1.807, 2.05) is 0 Å². The molecule has 2 aliphatic carbocycles. The Morgan fingerprint density at radius 1 is 0.154 bits per heavy atom. The van der Waals surface area contributed by atoms with Gasteiger partial charge in [0.05, 0.1) is 27.5 Å². The Hall–Kier alpha value is -16.5. The zero-order valence-electron chi connectivity index (χ0n) is 72.1. The van der Waals surface area contributed by atoms with Crippen LogP contribution in [0, 0.1) is 0 Å². The minimum absolute atomic E-state index is 0.0665. The smallest absolute Gasteiger partial charge is 0.0713 e. The summed E-state index contributed by atoms with van der Waals surface area (Å²) < 4.78 is 4.84. The highest BCUT2D eigenvalue weighted by atomic mass is 15.0. The molecular formula is C128H86N2. The van der Waals surface area contributed by atoms with Crippen LogP contribution in [0.1, 0.15) is 47.2 Å². The highest BCUT2D eigenvalue weighted by Crippen LogP contribution is 2.59. The quantitative estimate of drug-likeness (QED) is 0.108. The Labute approximate surface area is 756 Å². The first-order chi connectivity index (χ1) is 64.3. The standard InChI is InChI=1S/C69H45N.C59H41N/c1-4-18-46(19-5-1)47-32-34-48(35-33-47)50-39-43-66-62(44-50)57-25-15-17-31-65(57)70(66)54-40-36-49(37-41-54)67-58-26-10-12-28-60(58)68(61-29-13-11-27-59(61)67)51-38-42-56-55-24-14-16-30-63(55)69(64(56)45-51,52-20-6-2-7-21-52)53-22-8-3-9-23-53;1-59(2)53-22-12-10-16-45(53)46-34-30-43(37-54(46)59)58-50-20-8-6-18-48(50)57(49-19-7-9-21-51(49)58)41-28-32-44(33-29-41)60-55-23-13-11-17-47(55)52-36-42(31-35-56(52)60)40-26-24-39(25-27-40)38-14-4-3-5-15-38/h1-45H;3-37H,1-2H3. The van der Waals surface area contributed by atoms with Crippen LogP contribution in [-0.2, 0) is 10.8 Å². The Kier molecular flexibility index (Phi) is 17.9. The molecule has 0 bridgehead atoms. The van der Waals surface area contributed by atoms with Gasteiger partial charge in [-0.1, -0.05) is 426 Å². The van der Waals surface area contributed by atoms with Crippen LogP contribution < -0.4 is 0 Å². The number of fused-ring (bicyclic) bond motifs is 16. The highest BCUT2D eigenvalue weighted by Gasteiger charge is 2.46. The van der Waals surface area contributed by atoms with Crippen LogP contribution in [0.25, 0.3) is 209 Å². The monoisotopic (exact) mass is 1650 g/mol. The Bertz CT molecular complexity index is 8460. The van der Waals surface area contributed by atoms with E-state index in [2.05, 4.69) is 508 Å². The average Bonchev–Trinajstić information content (AvgIpc) is 1.25. The molecule has 130 heavy (non-hydrogen) atoms. The molecule has 2 heteroatoms. The third-order valence-corrected chi connectivity index (χ3v) is 28.3. The lowest BCUT2D eigenvalue weighted by molar-refractivity contribution is 0.660. The van der Waals surface area contributed by atoms with Crippen molar-refractivity contribution in [1.82, 2.24) is 9.13 Å². The molecule has 0 amide bonds. The molecule has 0 radical (unpaired) electrons. The van der Waals surface area contributed by atoms with Crippen molar-refractivity contribution < 1.29 is 0 Å². The lowest BCUT2D eigenvalue weighted by Gasteiger charge is -2.34. The summed E-state index contributed by atoms with van der Waals surface area (Å²) in [6, 6.07) is 180. The summed E-state index contributed by atoms with van der Waals surface area (Å²) in [5.41, 5.74) is 39.6. The molecule has 2 heterocycles. The van der Waals surface area contributed by atoms with E-state index < -0.39 is 5.41 Å². The van der Waals surface area contributed by atoms with E-state index in [0.29, 0.717) is 0 Å². The molecule has 0 unspecified atom stereocenters. The van der Waals surface area contributed by atoms with Crippen molar-refractivity contribution >= 4 is 86.7 Å². The number of hydrogen-bond acceptors (Lipinski definition) is 0. The molecule has 608 valence electrons. The van der Waals surface area contributed by atoms with Gasteiger partial charge in [0.2, 0.25) is 0 Å². The summed E-state index contributed by atoms with van der Waals surface area (Å²) in [7, 11) is 0. The van der Waals surface area contributed by atoms with Crippen molar-refractivity contribution in [3.8, 4) is 123 Å². The van der Waals surface area contributed by atoms with Crippen LogP contribution in [0.4, 0.5) is 0 Å². The van der Waals surface area contributed by atoms with E-state index in [1.165, 1.54) is 231 Å². The van der Waals surface area contributed by atoms with Crippen molar-refractivity contribution in [3.05, 3.63) is 519 Å². The first-order valence-corrected chi connectivity index (χ1v) is 45.3. The van der Waals surface area contributed by atoms with Crippen LogP contribution in [0.5, 0.6) is 0 Å². The van der Waals surface area contributed by atoms with Crippen LogP contribution in [0.3, 0.4) is 0 Å². The summed E-state index contributed by atoms with van der Waals surface area (Å²) >= 11 is 0. The van der Waals surface area contributed by atoms with E-state index in [1.54, 1.807) is 0 Å². The third kappa shape index (κ3) is 12.1. The molecule has 2 aromatic heterocycles. The fourth-order valence-corrected chi connectivity index (χ4v) is 22.3. The first-order valence-electron chi connectivity index (χ1n) is 45.3. The normalized spacial score (nSPS) is 12.8. The van der Waals surface area contributed by atoms with Crippen LogP contribution in [0.15, 0.2) is 485 Å². The molecule has 22 aromatic carbocycles. The van der Waals surface area contributed by atoms with Crippen molar-refractivity contribution in [2.45, 2.75) is 24.7 Å². The number of aromatic nitrogens is 2. The van der Waals surface area contributed by atoms with Crippen LogP contribution in [0.2, 0.25) is 0 Å². The van der Waals surface area contributed by atoms with E-state index in [4.69, 9.17) is 0 Å². The second-order valence-corrected chi connectivity index (χ2v) is 35.6. The second-order valence-electron chi connectivity index (χ2n) is 35.6. The number of benzene rings is 22. The number of hydrogen-bond donors (Lipinski definition) is 0. The summed E-state index contributed by atoms with van der Waals surface area (Å²) in [4.78, 5) is 0. The molecule has 0 atom stereocenters. The van der Waals surface area contributed by atoms with Crippen LogP contribution >= 0.6 is 0 Å². The molecule has 2 nitrogen and oxygen atoms in total. The molecule has 24 aromatic rings. The van der Waals surface area contributed by atoms with E-state index in [9.17, 15) is 0 Å². The van der Waals surface area contributed by atoms with E-state index in [0.717, 1.165) is 11.4 Å². The lowest BCUT2D eigenvalue weighted by atomic mass is 9.67. The first kappa shape index (κ1) is 76.0. The summed E-state index contributed by atoms with van der Waals surface area (Å²) in [5.74, 6) is 0. The SMILES string of the molecule is CC1(C)c2ccccc2-c2ccc(-c3c4ccccc4c(-c4ccc(-n5c6ccccc6c6cc(-c7ccc(-c8ccccc8)cc7)ccc65)cc4)c4ccccc34)cc21.c1ccc(-c2ccc(-c3ccc4c(c3)c3ccccc3n4-c3ccc(-c4c5ccccc5c(-c5ccc6c(c5)C(c5ccccc5)(c5ccccc5)c5ccccc5-6)c5ccccc45)cc3)cc2)cc1. The van der Waals surface area contributed by atoms with E-state index in [-0.39, 0.29) is 5.41 Å². The van der Waals surface area contributed by atoms with Gasteiger partial charge in [-0.05, 0) is 261 Å². The largest absolute Gasteiger partial charge is 0.309 e. The average molecular weight is 1650 g/mol. The van der Waals surface area contributed by atoms with Gasteiger partial charge in [0.1, 0.15) is 0 Å². The van der Waals surface area contributed by atoms with Gasteiger partial charge in [0.15, 0.2) is 0 Å². The minimum atomic E-state index is -0.481. The van der Waals surface area contributed by atoms with Gasteiger partial charge < -0.3 is 9.13 Å². The minimum Gasteiger partial charge on any atom is -0.309 e. The molecule has 0 aliphatic heterocycles. The number of para-hydroxylation sites is 2. The summed E-state index contributed by atoms with van der Waals surface area (Å²) in [5, 5.41) is 15.1. The molecular weight excluding hydrogens is 1570 g/mol. The van der Waals surface area contributed by atoms with Crippen molar-refractivity contribution in [3.63, 3.8) is 0 Å². The zero-order valence-corrected chi connectivity index (χ0v) is 72.1. The third-order valence-electron chi connectivity index (χ3n) is 28.3. The molecule has 2 aliphatic rings. The number of rotatable bonds is 12. The van der Waals surface area contributed by atoms with Crippen molar-refractivity contribution in [2.24, 2.45) is 0 Å². The fourth-order valence-electron chi connectivity index (χ4n) is 22.3. The molecule has 0 spiro atoms. The maximum absolute atomic E-state index is 2.51. The predicted molar refractivity (Wildman–Crippen MR) is 550 cm³/mol. The van der Waals surface area contributed by atoms with Gasteiger partial charge in [-0.25, -0.2) is 0 Å². The molecule has 26 rings (SSSR count). The molecule has 0 saturated heterocycles. The summed E-state index contributed by atoms with van der Waals surface area (Å²) in [6.07, 6.45) is 0. The van der Waals surface area contributed by atoms with Gasteiger partial charge in [-0.15, -0.1) is 0 Å². The lowest BCUT2D eigenvalue weighted by Crippen LogP contribution is -2.28. The van der Waals surface area contributed by atoms with Gasteiger partial charge in [0, 0.05) is 38.3 Å². The van der Waals surface area contributed by atoms with Gasteiger partial charge in [0.25, 0.3) is 0 Å².